The Bertz CT molecular complexity index is 1560. The number of likely N-dealkylation sites (N-methyl/N-ethyl adjacent to an activating group) is 2. The fraction of sp³-hybridized carbons (Fsp3) is 0.485. The first kappa shape index (κ1) is 38.1. The van der Waals surface area contributed by atoms with E-state index in [0.29, 0.717) is 0 Å². The summed E-state index contributed by atoms with van der Waals surface area (Å²) < 4.78 is 27.7. The molecule has 3 N–H and O–H groups in total. The fourth-order valence-corrected chi connectivity index (χ4v) is 6.45. The van der Waals surface area contributed by atoms with Gasteiger partial charge in [-0.1, -0.05) is 97.0 Å². The van der Waals surface area contributed by atoms with Crippen molar-refractivity contribution >= 4 is 33.4 Å². The highest BCUT2D eigenvalue weighted by molar-refractivity contribution is 7.90. The van der Waals surface area contributed by atoms with Crippen molar-refractivity contribution in [1.29, 1.82) is 0 Å². The minimum Gasteiger partial charge on any atom is -0.342 e. The highest BCUT2D eigenvalue weighted by Crippen LogP contribution is 2.29. The number of sulfonamides is 1. The lowest BCUT2D eigenvalue weighted by atomic mass is 9.76. The third-order valence-electron chi connectivity index (χ3n) is 8.03. The summed E-state index contributed by atoms with van der Waals surface area (Å²) >= 11 is 0. The number of benzene rings is 2. The monoisotopic (exact) mass is 657 g/mol. The predicted molar refractivity (Wildman–Crippen MR) is 177 cm³/mol. The van der Waals surface area contributed by atoms with Crippen LogP contribution in [0.5, 0.6) is 0 Å². The van der Waals surface area contributed by atoms with E-state index in [-0.39, 0.29) is 17.4 Å². The van der Waals surface area contributed by atoms with Crippen LogP contribution in [0.2, 0.25) is 0 Å². The van der Waals surface area contributed by atoms with Crippen molar-refractivity contribution in [1.82, 2.24) is 20.3 Å². The van der Waals surface area contributed by atoms with Crippen molar-refractivity contribution < 1.29 is 27.7 Å². The van der Waals surface area contributed by atoms with Gasteiger partial charge in [0.1, 0.15) is 6.04 Å². The highest BCUT2D eigenvalue weighted by atomic mass is 32.2. The lowest BCUT2D eigenvalue weighted by Gasteiger charge is -2.40. The quantitative estimate of drug-likeness (QED) is 0.166. The number of nitro groups is 1. The van der Waals surface area contributed by atoms with E-state index in [1.54, 1.807) is 14.1 Å². The van der Waals surface area contributed by atoms with Crippen LogP contribution in [0.1, 0.15) is 61.0 Å². The SMILES string of the molecule is CN[C@H](C(=O)NC(C(=O)N(C)[C@H](/C=C(\C)C(=O)NS(=O)(=O)c1ccccc1[N+](=O)[O-])C(C)C)C(C)(C)C)C(C)(C)c1ccccc1. The third-order valence-corrected chi connectivity index (χ3v) is 9.40. The van der Waals surface area contributed by atoms with Gasteiger partial charge in [-0.2, -0.15) is 0 Å². The van der Waals surface area contributed by atoms with Gasteiger partial charge in [0.2, 0.25) is 11.8 Å². The number of nitro benzene ring substituents is 1. The van der Waals surface area contributed by atoms with Crippen LogP contribution in [-0.2, 0) is 29.8 Å². The second kappa shape index (κ2) is 15.0. The Hall–Kier alpha value is -4.10. The molecule has 0 fully saturated rings. The molecule has 0 saturated carbocycles. The molecule has 0 aromatic heterocycles. The molecule has 13 heteroatoms. The van der Waals surface area contributed by atoms with Crippen LogP contribution >= 0.6 is 0 Å². The van der Waals surface area contributed by atoms with Gasteiger partial charge < -0.3 is 15.5 Å². The molecule has 0 aliphatic rings. The van der Waals surface area contributed by atoms with Gasteiger partial charge in [0.15, 0.2) is 4.90 Å². The average Bonchev–Trinajstić information content (AvgIpc) is 2.97. The van der Waals surface area contributed by atoms with Gasteiger partial charge in [-0.25, -0.2) is 13.1 Å². The second-order valence-corrected chi connectivity index (χ2v) is 15.0. The van der Waals surface area contributed by atoms with Crippen molar-refractivity contribution in [2.75, 3.05) is 14.1 Å². The number of para-hydroxylation sites is 1. The summed E-state index contributed by atoms with van der Waals surface area (Å²) in [6.45, 7) is 14.5. The Kier molecular flexibility index (Phi) is 12.4. The maximum atomic E-state index is 14.1. The number of nitrogens with zero attached hydrogens (tertiary/aromatic N) is 2. The average molecular weight is 658 g/mol. The number of nitrogens with one attached hydrogen (secondary N) is 3. The van der Waals surface area contributed by atoms with Gasteiger partial charge >= 0.3 is 0 Å². The zero-order chi connectivity index (χ0) is 35.2. The van der Waals surface area contributed by atoms with Crippen molar-refractivity contribution in [2.24, 2.45) is 11.3 Å². The molecular formula is C33H47N5O7S. The second-order valence-electron chi connectivity index (χ2n) is 13.3. The van der Waals surface area contributed by atoms with Gasteiger partial charge in [-0.15, -0.1) is 0 Å². The zero-order valence-electron chi connectivity index (χ0n) is 28.2. The topological polar surface area (TPSA) is 168 Å². The lowest BCUT2D eigenvalue weighted by Crippen LogP contribution is -2.61. The summed E-state index contributed by atoms with van der Waals surface area (Å²) in [5.41, 5.74) is -1.06. The summed E-state index contributed by atoms with van der Waals surface area (Å²) in [4.78, 5) is 52.2. The van der Waals surface area contributed by atoms with Gasteiger partial charge in [0, 0.05) is 24.1 Å². The Balaban J connectivity index is 2.36. The zero-order valence-corrected chi connectivity index (χ0v) is 29.1. The third kappa shape index (κ3) is 9.00. The highest BCUT2D eigenvalue weighted by Gasteiger charge is 2.41. The number of carbonyl (C=O) groups excluding carboxylic acids is 3. The molecule has 0 heterocycles. The van der Waals surface area contributed by atoms with Crippen LogP contribution in [-0.4, -0.2) is 68.2 Å². The molecule has 0 saturated heterocycles. The van der Waals surface area contributed by atoms with Gasteiger partial charge in [-0.05, 0) is 36.9 Å². The van der Waals surface area contributed by atoms with Crippen LogP contribution in [0.25, 0.3) is 0 Å². The Morgan fingerprint density at radius 2 is 1.48 bits per heavy atom. The minimum atomic E-state index is -4.58. The van der Waals surface area contributed by atoms with Gasteiger partial charge in [0.25, 0.3) is 21.6 Å². The van der Waals surface area contributed by atoms with Crippen molar-refractivity contribution in [3.63, 3.8) is 0 Å². The molecule has 12 nitrogen and oxygen atoms in total. The number of hydrogen-bond acceptors (Lipinski definition) is 8. The van der Waals surface area contributed by atoms with Gasteiger partial charge in [0.05, 0.1) is 17.0 Å². The van der Waals surface area contributed by atoms with Crippen LogP contribution in [0.4, 0.5) is 5.69 Å². The number of carbonyl (C=O) groups is 3. The van der Waals surface area contributed by atoms with E-state index >= 15 is 0 Å². The standard InChI is InChI=1S/C33H47N5O7S/c1-21(2)25(20-22(3)29(39)36-46(44,45)26-19-15-14-18-24(26)38(42)43)37(10)31(41)28(32(4,5)6)35-30(40)27(34-9)33(7,8)23-16-12-11-13-17-23/h11-21,25,27-28,34H,1-10H3,(H,35,40)(H,36,39)/b22-20+/t25-,27-,28?/m1/s1. The van der Waals surface area contributed by atoms with Gasteiger partial charge in [-0.3, -0.25) is 24.5 Å². The maximum absolute atomic E-state index is 14.1. The van der Waals surface area contributed by atoms with Crippen LogP contribution in [0.3, 0.4) is 0 Å². The molecule has 46 heavy (non-hydrogen) atoms. The smallest absolute Gasteiger partial charge is 0.289 e. The van der Waals surface area contributed by atoms with E-state index in [1.807, 2.05) is 83.5 Å². The van der Waals surface area contributed by atoms with Crippen LogP contribution < -0.4 is 15.4 Å². The van der Waals surface area contributed by atoms with Crippen molar-refractivity contribution in [3.8, 4) is 0 Å². The molecule has 3 atom stereocenters. The molecule has 2 rings (SSSR count). The molecular weight excluding hydrogens is 610 g/mol. The van der Waals surface area contributed by atoms with E-state index in [4.69, 9.17) is 0 Å². The first-order valence-corrected chi connectivity index (χ1v) is 16.4. The normalized spacial score (nSPS) is 14.6. The summed E-state index contributed by atoms with van der Waals surface area (Å²) in [5, 5.41) is 17.4. The molecule has 3 amide bonds. The fourth-order valence-electron chi connectivity index (χ4n) is 5.25. The predicted octanol–water partition coefficient (Wildman–Crippen LogP) is 3.93. The Morgan fingerprint density at radius 3 is 1.98 bits per heavy atom. The summed E-state index contributed by atoms with van der Waals surface area (Å²) in [7, 11) is -1.32. The molecule has 0 aliphatic heterocycles. The molecule has 2 aromatic rings. The number of hydrogen-bond donors (Lipinski definition) is 3. The minimum absolute atomic E-state index is 0.0169. The van der Waals surface area contributed by atoms with Crippen molar-refractivity contribution in [3.05, 3.63) is 81.9 Å². The number of amides is 3. The van der Waals surface area contributed by atoms with E-state index in [1.165, 1.54) is 30.0 Å². The van der Waals surface area contributed by atoms with E-state index < -0.39 is 66.3 Å². The maximum Gasteiger partial charge on any atom is 0.289 e. The Morgan fingerprint density at radius 1 is 0.935 bits per heavy atom. The molecule has 2 aromatic carbocycles. The molecule has 0 spiro atoms. The molecule has 0 bridgehead atoms. The summed E-state index contributed by atoms with van der Waals surface area (Å²) in [5.74, 6) is -1.97. The lowest BCUT2D eigenvalue weighted by molar-refractivity contribution is -0.387. The van der Waals surface area contributed by atoms with Crippen LogP contribution in [0, 0.1) is 21.4 Å². The first-order valence-electron chi connectivity index (χ1n) is 15.0. The summed E-state index contributed by atoms with van der Waals surface area (Å²) in [6.07, 6.45) is 1.48. The summed E-state index contributed by atoms with van der Waals surface area (Å²) in [6, 6.07) is 12.0. The van der Waals surface area contributed by atoms with E-state index in [9.17, 15) is 32.9 Å². The molecule has 0 aliphatic carbocycles. The van der Waals surface area contributed by atoms with Crippen LogP contribution in [0.15, 0.2) is 71.1 Å². The Labute approximate surface area is 272 Å². The molecule has 252 valence electrons. The molecule has 1 unspecified atom stereocenters. The first-order chi connectivity index (χ1) is 21.2. The van der Waals surface area contributed by atoms with Crippen molar-refractivity contribution in [2.45, 2.75) is 83.8 Å². The molecule has 0 radical (unpaired) electrons. The number of rotatable bonds is 13. The largest absolute Gasteiger partial charge is 0.342 e. The van der Waals surface area contributed by atoms with E-state index in [0.717, 1.165) is 17.7 Å². The van der Waals surface area contributed by atoms with E-state index in [2.05, 4.69) is 10.6 Å².